The second-order valence-electron chi connectivity index (χ2n) is 9.97. The number of ether oxygens (including phenoxy) is 1. The van der Waals surface area contributed by atoms with Crippen LogP contribution in [0.5, 0.6) is 5.75 Å². The Morgan fingerprint density at radius 1 is 0.976 bits per heavy atom. The molecule has 41 heavy (non-hydrogen) atoms. The molecule has 220 valence electrons. The van der Waals surface area contributed by atoms with E-state index in [1.807, 2.05) is 45.0 Å². The molecule has 3 aromatic carbocycles. The van der Waals surface area contributed by atoms with Crippen LogP contribution in [0, 0.1) is 13.8 Å². The van der Waals surface area contributed by atoms with Crippen LogP contribution in [0.15, 0.2) is 71.6 Å². The molecule has 2 amide bonds. The highest BCUT2D eigenvalue weighted by Gasteiger charge is 2.34. The molecule has 0 spiro atoms. The molecule has 0 saturated carbocycles. The molecule has 0 aromatic heterocycles. The second kappa shape index (κ2) is 14.4. The van der Waals surface area contributed by atoms with E-state index in [9.17, 15) is 18.0 Å². The van der Waals surface area contributed by atoms with Gasteiger partial charge in [-0.05, 0) is 63.1 Å². The molecule has 3 rings (SSSR count). The Kier molecular flexibility index (Phi) is 11.2. The van der Waals surface area contributed by atoms with Gasteiger partial charge in [-0.3, -0.25) is 13.9 Å². The predicted octanol–water partition coefficient (Wildman–Crippen LogP) is 5.49. The van der Waals surface area contributed by atoms with Crippen LogP contribution in [0.4, 0.5) is 5.69 Å². The first-order valence-electron chi connectivity index (χ1n) is 13.5. The molecule has 0 aliphatic rings. The van der Waals surface area contributed by atoms with E-state index in [2.05, 4.69) is 5.32 Å². The van der Waals surface area contributed by atoms with Crippen molar-refractivity contribution in [2.24, 2.45) is 0 Å². The lowest BCUT2D eigenvalue weighted by molar-refractivity contribution is -0.139. The fourth-order valence-electron chi connectivity index (χ4n) is 4.22. The smallest absolute Gasteiger partial charge is 0.264 e. The molecule has 0 aliphatic heterocycles. The third kappa shape index (κ3) is 8.24. The highest BCUT2D eigenvalue weighted by atomic mass is 35.5. The Labute approximate surface area is 248 Å². The fourth-order valence-corrected chi connectivity index (χ4v) is 5.80. The quantitative estimate of drug-likeness (QED) is 0.262. The average molecular weight is 600 g/mol. The Hall–Kier alpha value is -3.56. The van der Waals surface area contributed by atoms with Crippen molar-refractivity contribution in [2.45, 2.75) is 58.0 Å². The van der Waals surface area contributed by atoms with E-state index >= 15 is 0 Å². The summed E-state index contributed by atoms with van der Waals surface area (Å²) in [4.78, 5) is 28.6. The van der Waals surface area contributed by atoms with Gasteiger partial charge in [-0.2, -0.15) is 0 Å². The van der Waals surface area contributed by atoms with Crippen molar-refractivity contribution in [1.82, 2.24) is 10.2 Å². The number of unbranched alkanes of at least 4 members (excludes halogenated alkanes) is 1. The second-order valence-corrected chi connectivity index (χ2v) is 12.3. The van der Waals surface area contributed by atoms with E-state index in [4.69, 9.17) is 16.3 Å². The summed E-state index contributed by atoms with van der Waals surface area (Å²) in [6.45, 7) is 7.51. The molecule has 0 bridgehead atoms. The minimum atomic E-state index is -4.24. The lowest BCUT2D eigenvalue weighted by Gasteiger charge is -2.32. The molecule has 1 N–H and O–H groups in total. The summed E-state index contributed by atoms with van der Waals surface area (Å²) in [6, 6.07) is 17.7. The summed E-state index contributed by atoms with van der Waals surface area (Å²) in [5.41, 5.74) is 2.87. The number of carbonyl (C=O) groups excluding carboxylic acids is 2. The minimum absolute atomic E-state index is 0.00775. The predicted molar refractivity (Wildman–Crippen MR) is 163 cm³/mol. The van der Waals surface area contributed by atoms with Gasteiger partial charge >= 0.3 is 0 Å². The van der Waals surface area contributed by atoms with Gasteiger partial charge in [0.05, 0.1) is 17.7 Å². The van der Waals surface area contributed by atoms with E-state index in [1.165, 1.54) is 30.2 Å². The number of methoxy groups -OCH3 is 1. The Balaban J connectivity index is 2.06. The molecule has 0 radical (unpaired) electrons. The third-order valence-corrected chi connectivity index (χ3v) is 8.78. The van der Waals surface area contributed by atoms with Crippen LogP contribution < -0.4 is 14.4 Å². The lowest BCUT2D eigenvalue weighted by Crippen LogP contribution is -2.51. The number of anilines is 1. The number of nitrogens with zero attached hydrogens (tertiary/aromatic N) is 2. The van der Waals surface area contributed by atoms with E-state index in [-0.39, 0.29) is 33.8 Å². The van der Waals surface area contributed by atoms with Crippen molar-refractivity contribution < 1.29 is 22.7 Å². The molecular weight excluding hydrogens is 562 g/mol. The molecule has 0 saturated heterocycles. The number of nitrogens with one attached hydrogen (secondary N) is 1. The SMILES string of the molecule is CCCCNC(=O)[C@H](C)N(Cc1ccc(C)cc1)C(=O)CN(c1cc(Cl)ccc1OC)S(=O)(=O)c1ccc(C)cc1. The van der Waals surface area contributed by atoms with Gasteiger partial charge in [0.25, 0.3) is 10.0 Å². The molecule has 0 aliphatic carbocycles. The van der Waals surface area contributed by atoms with E-state index in [0.717, 1.165) is 33.8 Å². The number of sulfonamides is 1. The average Bonchev–Trinajstić information content (AvgIpc) is 2.95. The number of halogens is 1. The van der Waals surface area contributed by atoms with Gasteiger partial charge in [-0.1, -0.05) is 72.5 Å². The zero-order chi connectivity index (χ0) is 30.2. The Morgan fingerprint density at radius 3 is 2.17 bits per heavy atom. The van der Waals surface area contributed by atoms with Crippen LogP contribution in [0.2, 0.25) is 5.02 Å². The summed E-state index contributed by atoms with van der Waals surface area (Å²) in [6.07, 6.45) is 1.72. The zero-order valence-electron chi connectivity index (χ0n) is 24.2. The van der Waals surface area contributed by atoms with Gasteiger partial charge < -0.3 is 15.0 Å². The van der Waals surface area contributed by atoms with Gasteiger partial charge in [-0.15, -0.1) is 0 Å². The summed E-state index contributed by atoms with van der Waals surface area (Å²) in [7, 11) is -2.83. The summed E-state index contributed by atoms with van der Waals surface area (Å²) < 4.78 is 34.5. The number of aryl methyl sites for hydroxylation is 2. The third-order valence-electron chi connectivity index (χ3n) is 6.77. The number of benzene rings is 3. The van der Waals surface area contributed by atoms with Crippen LogP contribution in [-0.2, 0) is 26.2 Å². The molecule has 0 fully saturated rings. The lowest BCUT2D eigenvalue weighted by atomic mass is 10.1. The van der Waals surface area contributed by atoms with E-state index < -0.39 is 28.5 Å². The molecule has 8 nitrogen and oxygen atoms in total. The van der Waals surface area contributed by atoms with Crippen molar-refractivity contribution in [2.75, 3.05) is 24.5 Å². The summed E-state index contributed by atoms with van der Waals surface area (Å²) in [5.74, 6) is -0.637. The van der Waals surface area contributed by atoms with Crippen LogP contribution in [0.25, 0.3) is 0 Å². The van der Waals surface area contributed by atoms with Crippen LogP contribution >= 0.6 is 11.6 Å². The Bertz CT molecular complexity index is 1440. The topological polar surface area (TPSA) is 96.0 Å². The van der Waals surface area contributed by atoms with E-state index in [0.29, 0.717) is 6.54 Å². The summed E-state index contributed by atoms with van der Waals surface area (Å²) in [5, 5.41) is 3.16. The number of hydrogen-bond donors (Lipinski definition) is 1. The van der Waals surface area contributed by atoms with Crippen molar-refractivity contribution >= 4 is 39.1 Å². The zero-order valence-corrected chi connectivity index (χ0v) is 25.8. The molecule has 0 unspecified atom stereocenters. The maximum atomic E-state index is 14.1. The number of carbonyl (C=O) groups is 2. The number of hydrogen-bond acceptors (Lipinski definition) is 5. The first-order valence-corrected chi connectivity index (χ1v) is 15.4. The maximum Gasteiger partial charge on any atom is 0.264 e. The normalized spacial score (nSPS) is 12.0. The van der Waals surface area contributed by atoms with Crippen LogP contribution in [-0.4, -0.2) is 51.4 Å². The first kappa shape index (κ1) is 32.0. The van der Waals surface area contributed by atoms with Crippen molar-refractivity contribution in [3.63, 3.8) is 0 Å². The molecule has 3 aromatic rings. The number of amides is 2. The monoisotopic (exact) mass is 599 g/mol. The highest BCUT2D eigenvalue weighted by Crippen LogP contribution is 2.35. The van der Waals surface area contributed by atoms with Crippen LogP contribution in [0.3, 0.4) is 0 Å². The minimum Gasteiger partial charge on any atom is -0.495 e. The standard InChI is InChI=1S/C31H38ClN3O5S/c1-6-7-18-33-31(37)24(4)34(20-25-12-8-22(2)9-13-25)30(36)21-35(28-19-26(32)14-17-29(28)40-5)41(38,39)27-15-10-23(3)11-16-27/h8-17,19,24H,6-7,18,20-21H2,1-5H3,(H,33,37)/t24-/m0/s1. The Morgan fingerprint density at radius 2 is 1.59 bits per heavy atom. The van der Waals surface area contributed by atoms with Gasteiger partial charge in [-0.25, -0.2) is 8.42 Å². The fraction of sp³-hybridized carbons (Fsp3) is 0.355. The molecular formula is C31H38ClN3O5S. The van der Waals surface area contributed by atoms with Gasteiger partial charge in [0.2, 0.25) is 11.8 Å². The maximum absolute atomic E-state index is 14.1. The molecule has 0 heterocycles. The van der Waals surface area contributed by atoms with Gasteiger partial charge in [0, 0.05) is 18.1 Å². The van der Waals surface area contributed by atoms with Crippen molar-refractivity contribution in [3.8, 4) is 5.75 Å². The van der Waals surface area contributed by atoms with Crippen molar-refractivity contribution in [1.29, 1.82) is 0 Å². The first-order chi connectivity index (χ1) is 19.5. The molecule has 10 heteroatoms. The number of rotatable bonds is 13. The van der Waals surface area contributed by atoms with Gasteiger partial charge in [0.1, 0.15) is 18.3 Å². The van der Waals surface area contributed by atoms with Crippen molar-refractivity contribution in [3.05, 3.63) is 88.4 Å². The molecule has 1 atom stereocenters. The summed E-state index contributed by atoms with van der Waals surface area (Å²) >= 11 is 6.28. The van der Waals surface area contributed by atoms with Gasteiger partial charge in [0.15, 0.2) is 0 Å². The van der Waals surface area contributed by atoms with Crippen LogP contribution in [0.1, 0.15) is 43.4 Å². The van der Waals surface area contributed by atoms with E-state index in [1.54, 1.807) is 31.2 Å². The largest absolute Gasteiger partial charge is 0.495 e. The highest BCUT2D eigenvalue weighted by molar-refractivity contribution is 7.92.